The number of rotatable bonds is 4. The van der Waals surface area contributed by atoms with Crippen molar-refractivity contribution in [1.29, 1.82) is 0 Å². The van der Waals surface area contributed by atoms with Crippen LogP contribution in [0.5, 0.6) is 0 Å². The van der Waals surface area contributed by atoms with Crippen LogP contribution in [-0.2, 0) is 13.0 Å². The number of hydrogen-bond donors (Lipinski definition) is 1. The molecule has 2 rings (SSSR count). The summed E-state index contributed by atoms with van der Waals surface area (Å²) in [7, 11) is 0. The molecule has 2 heterocycles. The fourth-order valence-electron chi connectivity index (χ4n) is 1.83. The topological polar surface area (TPSA) is 46.0 Å². The molecule has 0 saturated carbocycles. The Kier molecular flexibility index (Phi) is 5.13. The number of aromatic nitrogens is 2. The molecule has 1 aromatic heterocycles. The molecule has 94 valence electrons. The maximum Gasteiger partial charge on any atom is 0.142 e. The molecule has 1 fully saturated rings. The van der Waals surface area contributed by atoms with Gasteiger partial charge in [-0.15, -0.1) is 11.8 Å². The molecule has 5 heteroatoms. The van der Waals surface area contributed by atoms with Gasteiger partial charge in [-0.25, -0.2) is 9.97 Å². The van der Waals surface area contributed by atoms with E-state index in [1.54, 1.807) is 6.20 Å². The molecule has 0 amide bonds. The first kappa shape index (κ1) is 13.2. The zero-order valence-electron chi connectivity index (χ0n) is 10.1. The molecule has 1 aliphatic heterocycles. The van der Waals surface area contributed by atoms with E-state index in [0.717, 1.165) is 35.7 Å². The van der Waals surface area contributed by atoms with Crippen molar-refractivity contribution in [2.24, 2.45) is 0 Å². The third-order valence-electron chi connectivity index (χ3n) is 2.73. The van der Waals surface area contributed by atoms with Gasteiger partial charge in [-0.3, -0.25) is 0 Å². The van der Waals surface area contributed by atoms with E-state index >= 15 is 0 Å². The van der Waals surface area contributed by atoms with E-state index in [4.69, 9.17) is 0 Å². The molecule has 1 aromatic rings. The van der Waals surface area contributed by atoms with Gasteiger partial charge in [-0.1, -0.05) is 13.3 Å². The van der Waals surface area contributed by atoms with E-state index in [9.17, 15) is 5.11 Å². The van der Waals surface area contributed by atoms with Crippen molar-refractivity contribution < 1.29 is 5.11 Å². The van der Waals surface area contributed by atoms with Crippen LogP contribution in [0.1, 0.15) is 35.7 Å². The average molecular weight is 270 g/mol. The summed E-state index contributed by atoms with van der Waals surface area (Å²) in [6.07, 6.45) is 3.78. The Hall–Kier alpha value is -0.260. The summed E-state index contributed by atoms with van der Waals surface area (Å²) in [5.74, 6) is 4.47. The van der Waals surface area contributed by atoms with Gasteiger partial charge in [0.25, 0.3) is 0 Å². The molecular weight excluding hydrogens is 252 g/mol. The monoisotopic (exact) mass is 270 g/mol. The molecule has 0 aromatic carbocycles. The predicted molar refractivity (Wildman–Crippen MR) is 74.5 cm³/mol. The minimum Gasteiger partial charge on any atom is -0.392 e. The summed E-state index contributed by atoms with van der Waals surface area (Å²) in [6.45, 7) is 2.18. The Bertz CT molecular complexity index is 368. The first-order chi connectivity index (χ1) is 8.35. The number of thioether (sulfide) groups is 2. The quantitative estimate of drug-likeness (QED) is 0.910. The van der Waals surface area contributed by atoms with Gasteiger partial charge in [0.15, 0.2) is 0 Å². The third kappa shape index (κ3) is 3.36. The SMILES string of the molecule is CCCc1nc(C2CSCCS2)ncc1CO. The Morgan fingerprint density at radius 3 is 3.00 bits per heavy atom. The van der Waals surface area contributed by atoms with Crippen molar-refractivity contribution in [3.63, 3.8) is 0 Å². The lowest BCUT2D eigenvalue weighted by atomic mass is 10.1. The highest BCUT2D eigenvalue weighted by Crippen LogP contribution is 2.35. The number of aliphatic hydroxyl groups excluding tert-OH is 1. The van der Waals surface area contributed by atoms with Crippen molar-refractivity contribution in [1.82, 2.24) is 9.97 Å². The second-order valence-electron chi connectivity index (χ2n) is 4.04. The van der Waals surface area contributed by atoms with E-state index < -0.39 is 0 Å². The number of nitrogens with zero attached hydrogens (tertiary/aromatic N) is 2. The molecule has 1 atom stereocenters. The lowest BCUT2D eigenvalue weighted by Crippen LogP contribution is -2.12. The summed E-state index contributed by atoms with van der Waals surface area (Å²) in [6, 6.07) is 0. The van der Waals surface area contributed by atoms with Crippen LogP contribution in [0.25, 0.3) is 0 Å². The van der Waals surface area contributed by atoms with Crippen LogP contribution < -0.4 is 0 Å². The molecule has 1 unspecified atom stereocenters. The second kappa shape index (κ2) is 6.61. The van der Waals surface area contributed by atoms with Gasteiger partial charge in [-0.05, 0) is 6.42 Å². The molecular formula is C12H18N2OS2. The number of aryl methyl sites for hydroxylation is 1. The van der Waals surface area contributed by atoms with Crippen LogP contribution in [0, 0.1) is 0 Å². The predicted octanol–water partition coefficient (Wildman–Crippen LogP) is 2.44. The zero-order chi connectivity index (χ0) is 12.1. The summed E-state index contributed by atoms with van der Waals surface area (Å²) in [5.41, 5.74) is 1.90. The van der Waals surface area contributed by atoms with E-state index in [0.29, 0.717) is 5.25 Å². The largest absolute Gasteiger partial charge is 0.392 e. The van der Waals surface area contributed by atoms with Crippen molar-refractivity contribution in [3.8, 4) is 0 Å². The molecule has 1 aliphatic rings. The first-order valence-corrected chi connectivity index (χ1v) is 8.20. The highest BCUT2D eigenvalue weighted by atomic mass is 32.2. The van der Waals surface area contributed by atoms with Gasteiger partial charge in [0.1, 0.15) is 5.82 Å². The van der Waals surface area contributed by atoms with E-state index in [1.165, 1.54) is 11.5 Å². The minimum atomic E-state index is 0.0438. The van der Waals surface area contributed by atoms with Gasteiger partial charge in [0, 0.05) is 34.7 Å². The van der Waals surface area contributed by atoms with Gasteiger partial charge in [-0.2, -0.15) is 11.8 Å². The van der Waals surface area contributed by atoms with Crippen LogP contribution in [-0.4, -0.2) is 32.3 Å². The van der Waals surface area contributed by atoms with Crippen molar-refractivity contribution >= 4 is 23.5 Å². The fraction of sp³-hybridized carbons (Fsp3) is 0.667. The standard InChI is InChI=1S/C12H18N2OS2/c1-2-3-10-9(7-15)6-13-12(14-10)11-8-16-4-5-17-11/h6,11,15H,2-5,7-8H2,1H3. The van der Waals surface area contributed by atoms with Gasteiger partial charge in [0.2, 0.25) is 0 Å². The fourth-order valence-corrected chi connectivity index (χ4v) is 4.44. The van der Waals surface area contributed by atoms with Crippen molar-refractivity contribution in [3.05, 3.63) is 23.3 Å². The molecule has 0 bridgehead atoms. The molecule has 0 spiro atoms. The third-order valence-corrected chi connectivity index (χ3v) is 5.48. The molecule has 1 N–H and O–H groups in total. The average Bonchev–Trinajstić information content (AvgIpc) is 2.40. The summed E-state index contributed by atoms with van der Waals surface area (Å²) < 4.78 is 0. The molecule has 17 heavy (non-hydrogen) atoms. The van der Waals surface area contributed by atoms with Crippen LogP contribution >= 0.6 is 23.5 Å². The maximum atomic E-state index is 9.26. The summed E-state index contributed by atoms with van der Waals surface area (Å²) >= 11 is 3.93. The smallest absolute Gasteiger partial charge is 0.142 e. The lowest BCUT2D eigenvalue weighted by Gasteiger charge is -2.20. The maximum absolute atomic E-state index is 9.26. The Balaban J connectivity index is 2.19. The van der Waals surface area contributed by atoms with Crippen LogP contribution in [0.15, 0.2) is 6.20 Å². The Morgan fingerprint density at radius 1 is 1.47 bits per heavy atom. The minimum absolute atomic E-state index is 0.0438. The highest BCUT2D eigenvalue weighted by Gasteiger charge is 2.20. The van der Waals surface area contributed by atoms with Gasteiger partial charge in [0.05, 0.1) is 11.9 Å². The Labute approximate surface area is 111 Å². The van der Waals surface area contributed by atoms with Crippen molar-refractivity contribution in [2.45, 2.75) is 31.6 Å². The number of aliphatic hydroxyl groups is 1. The van der Waals surface area contributed by atoms with Crippen LogP contribution in [0.4, 0.5) is 0 Å². The van der Waals surface area contributed by atoms with Crippen molar-refractivity contribution in [2.75, 3.05) is 17.3 Å². The highest BCUT2D eigenvalue weighted by molar-refractivity contribution is 8.06. The second-order valence-corrected chi connectivity index (χ2v) is 6.50. The zero-order valence-corrected chi connectivity index (χ0v) is 11.7. The van der Waals surface area contributed by atoms with E-state index in [1.807, 2.05) is 23.5 Å². The molecule has 1 saturated heterocycles. The van der Waals surface area contributed by atoms with E-state index in [-0.39, 0.29) is 6.61 Å². The molecule has 3 nitrogen and oxygen atoms in total. The normalized spacial score (nSPS) is 20.5. The Morgan fingerprint density at radius 2 is 2.35 bits per heavy atom. The van der Waals surface area contributed by atoms with Crippen LogP contribution in [0.3, 0.4) is 0 Å². The molecule has 0 aliphatic carbocycles. The number of hydrogen-bond acceptors (Lipinski definition) is 5. The molecule has 0 radical (unpaired) electrons. The lowest BCUT2D eigenvalue weighted by molar-refractivity contribution is 0.279. The summed E-state index contributed by atoms with van der Waals surface area (Å²) in [4.78, 5) is 9.06. The van der Waals surface area contributed by atoms with Crippen LogP contribution in [0.2, 0.25) is 0 Å². The summed E-state index contributed by atoms with van der Waals surface area (Å²) in [5, 5.41) is 9.68. The first-order valence-electron chi connectivity index (χ1n) is 6.00. The van der Waals surface area contributed by atoms with Gasteiger partial charge < -0.3 is 5.11 Å². The van der Waals surface area contributed by atoms with E-state index in [2.05, 4.69) is 16.9 Å². The van der Waals surface area contributed by atoms with Gasteiger partial charge >= 0.3 is 0 Å².